The highest BCUT2D eigenvalue weighted by Gasteiger charge is 2.29. The van der Waals surface area contributed by atoms with E-state index < -0.39 is 0 Å². The van der Waals surface area contributed by atoms with Gasteiger partial charge in [0.15, 0.2) is 0 Å². The van der Waals surface area contributed by atoms with E-state index in [9.17, 15) is 9.59 Å². The summed E-state index contributed by atoms with van der Waals surface area (Å²) < 4.78 is 0. The fourth-order valence-electron chi connectivity index (χ4n) is 4.29. The molecule has 2 aliphatic rings. The molecule has 1 saturated carbocycles. The number of carbonyl (C=O) groups is 2. The van der Waals surface area contributed by atoms with Crippen molar-refractivity contribution < 1.29 is 9.59 Å². The number of rotatable bonds is 5. The average molecular weight is 386 g/mol. The van der Waals surface area contributed by atoms with E-state index in [1.807, 2.05) is 36.1 Å². The van der Waals surface area contributed by atoms with Crippen LogP contribution in [0.5, 0.6) is 0 Å². The van der Waals surface area contributed by atoms with Crippen molar-refractivity contribution in [1.82, 2.24) is 15.1 Å². The van der Waals surface area contributed by atoms with Gasteiger partial charge in [0, 0.05) is 37.8 Å². The number of piperazine rings is 1. The SMILES string of the molecule is CCc1ccc(C(=O)N2CCN([C@H](C)C(=O)NC3CCCCCC3)CC2)cc1. The second-order valence-corrected chi connectivity index (χ2v) is 8.25. The van der Waals surface area contributed by atoms with Crippen molar-refractivity contribution in [3.63, 3.8) is 0 Å². The Morgan fingerprint density at radius 1 is 1.00 bits per heavy atom. The largest absolute Gasteiger partial charge is 0.352 e. The smallest absolute Gasteiger partial charge is 0.253 e. The lowest BCUT2D eigenvalue weighted by atomic mass is 10.1. The van der Waals surface area contributed by atoms with Gasteiger partial charge in [0.2, 0.25) is 5.91 Å². The zero-order valence-corrected chi connectivity index (χ0v) is 17.5. The van der Waals surface area contributed by atoms with Gasteiger partial charge in [-0.15, -0.1) is 0 Å². The van der Waals surface area contributed by atoms with Crippen molar-refractivity contribution in [3.8, 4) is 0 Å². The molecule has 0 bridgehead atoms. The van der Waals surface area contributed by atoms with E-state index in [1.165, 1.54) is 31.2 Å². The number of hydrogen-bond acceptors (Lipinski definition) is 3. The van der Waals surface area contributed by atoms with Gasteiger partial charge in [-0.2, -0.15) is 0 Å². The van der Waals surface area contributed by atoms with E-state index in [1.54, 1.807) is 0 Å². The molecule has 1 aliphatic carbocycles. The summed E-state index contributed by atoms with van der Waals surface area (Å²) in [6.07, 6.45) is 8.22. The predicted molar refractivity (Wildman–Crippen MR) is 112 cm³/mol. The van der Waals surface area contributed by atoms with Crippen LogP contribution in [-0.4, -0.2) is 59.9 Å². The molecule has 0 spiro atoms. The van der Waals surface area contributed by atoms with Gasteiger partial charge in [-0.3, -0.25) is 14.5 Å². The minimum Gasteiger partial charge on any atom is -0.352 e. The summed E-state index contributed by atoms with van der Waals surface area (Å²) in [5, 5.41) is 3.27. The highest BCUT2D eigenvalue weighted by Crippen LogP contribution is 2.18. The molecule has 3 rings (SSSR count). The van der Waals surface area contributed by atoms with Gasteiger partial charge in [-0.25, -0.2) is 0 Å². The molecule has 1 aliphatic heterocycles. The Bertz CT molecular complexity index is 642. The van der Waals surface area contributed by atoms with E-state index in [0.29, 0.717) is 19.1 Å². The molecule has 2 amide bonds. The quantitative estimate of drug-likeness (QED) is 0.792. The third kappa shape index (κ3) is 5.34. The fraction of sp³-hybridized carbons (Fsp3) is 0.652. The molecule has 1 aromatic carbocycles. The van der Waals surface area contributed by atoms with E-state index in [2.05, 4.69) is 17.1 Å². The first kappa shape index (κ1) is 20.8. The fourth-order valence-corrected chi connectivity index (χ4v) is 4.29. The number of aryl methyl sites for hydroxylation is 1. The third-order valence-electron chi connectivity index (χ3n) is 6.34. The summed E-state index contributed by atoms with van der Waals surface area (Å²) in [7, 11) is 0. The highest BCUT2D eigenvalue weighted by atomic mass is 16.2. The maximum Gasteiger partial charge on any atom is 0.253 e. The van der Waals surface area contributed by atoms with Crippen LogP contribution in [0.4, 0.5) is 0 Å². The number of hydrogen-bond donors (Lipinski definition) is 1. The van der Waals surface area contributed by atoms with Crippen LogP contribution in [0.15, 0.2) is 24.3 Å². The Kier molecular flexibility index (Phi) is 7.49. The van der Waals surface area contributed by atoms with E-state index >= 15 is 0 Å². The Morgan fingerprint density at radius 2 is 1.61 bits per heavy atom. The zero-order valence-electron chi connectivity index (χ0n) is 17.5. The van der Waals surface area contributed by atoms with Crippen LogP contribution in [0.25, 0.3) is 0 Å². The van der Waals surface area contributed by atoms with Crippen molar-refractivity contribution >= 4 is 11.8 Å². The van der Waals surface area contributed by atoms with Gasteiger partial charge < -0.3 is 10.2 Å². The Hall–Kier alpha value is -1.88. The maximum atomic E-state index is 12.7. The average Bonchev–Trinajstić information content (AvgIpc) is 3.01. The lowest BCUT2D eigenvalue weighted by molar-refractivity contribution is -0.127. The Balaban J connectivity index is 1.48. The van der Waals surface area contributed by atoms with Crippen LogP contribution in [0.3, 0.4) is 0 Å². The van der Waals surface area contributed by atoms with Crippen LogP contribution in [-0.2, 0) is 11.2 Å². The number of nitrogens with one attached hydrogen (secondary N) is 1. The molecule has 1 N–H and O–H groups in total. The van der Waals surface area contributed by atoms with Crippen LogP contribution in [0.2, 0.25) is 0 Å². The van der Waals surface area contributed by atoms with Gasteiger partial charge in [-0.05, 0) is 43.9 Å². The van der Waals surface area contributed by atoms with Gasteiger partial charge in [0.1, 0.15) is 0 Å². The third-order valence-corrected chi connectivity index (χ3v) is 6.34. The van der Waals surface area contributed by atoms with Crippen molar-refractivity contribution in [2.75, 3.05) is 26.2 Å². The van der Waals surface area contributed by atoms with Gasteiger partial charge in [0.25, 0.3) is 5.91 Å². The molecule has 1 aromatic rings. The molecule has 5 nitrogen and oxygen atoms in total. The van der Waals surface area contributed by atoms with Crippen molar-refractivity contribution in [2.24, 2.45) is 0 Å². The minimum absolute atomic E-state index is 0.0952. The summed E-state index contributed by atoms with van der Waals surface area (Å²) in [5.74, 6) is 0.236. The van der Waals surface area contributed by atoms with Crippen LogP contribution in [0, 0.1) is 0 Å². The van der Waals surface area contributed by atoms with Crippen molar-refractivity contribution in [3.05, 3.63) is 35.4 Å². The molecule has 0 radical (unpaired) electrons. The molecule has 2 fully saturated rings. The summed E-state index contributed by atoms with van der Waals surface area (Å²) >= 11 is 0. The standard InChI is InChI=1S/C23H35N3O2/c1-3-19-10-12-20(13-11-19)23(28)26-16-14-25(15-17-26)18(2)22(27)24-21-8-6-4-5-7-9-21/h10-13,18,21H,3-9,14-17H2,1-2H3,(H,24,27)/t18-/m1/s1. The van der Waals surface area contributed by atoms with Crippen molar-refractivity contribution in [2.45, 2.75) is 70.9 Å². The lowest BCUT2D eigenvalue weighted by Crippen LogP contribution is -2.55. The monoisotopic (exact) mass is 385 g/mol. The number of amides is 2. The molecular weight excluding hydrogens is 350 g/mol. The first-order valence-corrected chi connectivity index (χ1v) is 11.0. The van der Waals surface area contributed by atoms with E-state index in [0.717, 1.165) is 37.9 Å². The molecule has 0 aromatic heterocycles. The second kappa shape index (κ2) is 10.1. The molecule has 28 heavy (non-hydrogen) atoms. The molecule has 5 heteroatoms. The van der Waals surface area contributed by atoms with Gasteiger partial charge in [-0.1, -0.05) is 44.7 Å². The first-order valence-electron chi connectivity index (χ1n) is 11.0. The molecule has 0 unspecified atom stereocenters. The number of benzene rings is 1. The van der Waals surface area contributed by atoms with Crippen LogP contribution in [0.1, 0.15) is 68.3 Å². The number of carbonyl (C=O) groups excluding carboxylic acids is 2. The lowest BCUT2D eigenvalue weighted by Gasteiger charge is -2.37. The molecular formula is C23H35N3O2. The normalized spacial score (nSPS) is 20.4. The topological polar surface area (TPSA) is 52.7 Å². The Labute approximate surface area is 169 Å². The summed E-state index contributed by atoms with van der Waals surface area (Å²) in [4.78, 5) is 29.5. The van der Waals surface area contributed by atoms with E-state index in [4.69, 9.17) is 0 Å². The van der Waals surface area contributed by atoms with Gasteiger partial charge in [0.05, 0.1) is 6.04 Å². The summed E-state index contributed by atoms with van der Waals surface area (Å²) in [5.41, 5.74) is 2.00. The first-order chi connectivity index (χ1) is 13.6. The van der Waals surface area contributed by atoms with Crippen LogP contribution < -0.4 is 5.32 Å². The predicted octanol–water partition coefficient (Wildman–Crippen LogP) is 3.23. The Morgan fingerprint density at radius 3 is 2.18 bits per heavy atom. The van der Waals surface area contributed by atoms with E-state index in [-0.39, 0.29) is 17.9 Å². The highest BCUT2D eigenvalue weighted by molar-refractivity contribution is 5.94. The minimum atomic E-state index is -0.135. The molecule has 154 valence electrons. The van der Waals surface area contributed by atoms with Gasteiger partial charge >= 0.3 is 0 Å². The zero-order chi connectivity index (χ0) is 19.9. The molecule has 1 saturated heterocycles. The maximum absolute atomic E-state index is 12.7. The summed E-state index contributed by atoms with van der Waals surface area (Å²) in [6.45, 7) is 6.96. The molecule has 1 atom stereocenters. The second-order valence-electron chi connectivity index (χ2n) is 8.25. The number of nitrogens with zero attached hydrogens (tertiary/aromatic N) is 2. The van der Waals surface area contributed by atoms with Crippen LogP contribution >= 0.6 is 0 Å². The summed E-state index contributed by atoms with van der Waals surface area (Å²) in [6, 6.07) is 8.12. The van der Waals surface area contributed by atoms with Crippen molar-refractivity contribution in [1.29, 1.82) is 0 Å². The molecule has 1 heterocycles.